The highest BCUT2D eigenvalue weighted by molar-refractivity contribution is 5.76. The van der Waals surface area contributed by atoms with Gasteiger partial charge < -0.3 is 20.1 Å². The first-order chi connectivity index (χ1) is 10.6. The molecule has 0 radical (unpaired) electrons. The number of nitrogens with zero attached hydrogens (tertiary/aromatic N) is 1. The lowest BCUT2D eigenvalue weighted by molar-refractivity contribution is -0.130. The summed E-state index contributed by atoms with van der Waals surface area (Å²) in [6.07, 6.45) is 2.25. The smallest absolute Gasteiger partial charge is 0.222 e. The summed E-state index contributed by atoms with van der Waals surface area (Å²) in [7, 11) is 1.63. The first kappa shape index (κ1) is 16.6. The second-order valence-corrected chi connectivity index (χ2v) is 6.21. The molecule has 1 fully saturated rings. The van der Waals surface area contributed by atoms with E-state index in [1.165, 1.54) is 0 Å². The topological polar surface area (TPSA) is 64.8 Å². The molecule has 1 amide bonds. The quantitative estimate of drug-likeness (QED) is 0.783. The molecule has 1 aliphatic heterocycles. The number of carbonyl (C=O) groups excluding carboxylic acids is 1. The van der Waals surface area contributed by atoms with E-state index in [1.54, 1.807) is 7.11 Å². The molecular weight excluding hydrogens is 280 g/mol. The van der Waals surface area contributed by atoms with Gasteiger partial charge in [0.15, 0.2) is 0 Å². The van der Waals surface area contributed by atoms with Crippen LogP contribution in [0.1, 0.15) is 26.2 Å². The molecule has 1 atom stereocenters. The zero-order valence-corrected chi connectivity index (χ0v) is 13.5. The fraction of sp³-hybridized carbons (Fsp3) is 0.588. The van der Waals surface area contributed by atoms with E-state index in [1.807, 2.05) is 29.2 Å². The first-order valence-electron chi connectivity index (χ1n) is 7.81. The molecule has 1 aromatic rings. The normalized spacial score (nSPS) is 21.0. The average molecular weight is 306 g/mol. The van der Waals surface area contributed by atoms with Crippen molar-refractivity contribution in [3.63, 3.8) is 0 Å². The summed E-state index contributed by atoms with van der Waals surface area (Å²) in [5, 5.41) is 0. The van der Waals surface area contributed by atoms with Crippen LogP contribution in [-0.2, 0) is 4.79 Å². The molecule has 0 bridgehead atoms. The molecule has 0 aliphatic carbocycles. The number of hydrogen-bond donors (Lipinski definition) is 1. The molecule has 2 rings (SSSR count). The van der Waals surface area contributed by atoms with Gasteiger partial charge in [-0.25, -0.2) is 0 Å². The molecule has 5 heteroatoms. The van der Waals surface area contributed by atoms with E-state index in [2.05, 4.69) is 6.92 Å². The Morgan fingerprint density at radius 1 is 1.32 bits per heavy atom. The Kier molecular flexibility index (Phi) is 5.66. The van der Waals surface area contributed by atoms with Crippen LogP contribution in [0.15, 0.2) is 24.3 Å². The minimum Gasteiger partial charge on any atom is -0.497 e. The molecule has 1 aromatic carbocycles. The van der Waals surface area contributed by atoms with Gasteiger partial charge in [-0.15, -0.1) is 0 Å². The van der Waals surface area contributed by atoms with E-state index in [0.29, 0.717) is 19.6 Å². The molecule has 1 saturated heterocycles. The zero-order chi connectivity index (χ0) is 16.0. The van der Waals surface area contributed by atoms with Crippen LogP contribution in [0.25, 0.3) is 0 Å². The van der Waals surface area contributed by atoms with Gasteiger partial charge in [0.25, 0.3) is 0 Å². The summed E-state index contributed by atoms with van der Waals surface area (Å²) in [4.78, 5) is 14.1. The van der Waals surface area contributed by atoms with Crippen molar-refractivity contribution in [2.24, 2.45) is 11.1 Å². The summed E-state index contributed by atoms with van der Waals surface area (Å²) in [6, 6.07) is 7.46. The van der Waals surface area contributed by atoms with Gasteiger partial charge >= 0.3 is 0 Å². The lowest BCUT2D eigenvalue weighted by Gasteiger charge is -2.22. The van der Waals surface area contributed by atoms with Crippen molar-refractivity contribution in [2.45, 2.75) is 26.2 Å². The molecule has 1 unspecified atom stereocenters. The lowest BCUT2D eigenvalue weighted by atomic mass is 9.90. The van der Waals surface area contributed by atoms with E-state index < -0.39 is 0 Å². The van der Waals surface area contributed by atoms with Crippen molar-refractivity contribution < 1.29 is 14.3 Å². The zero-order valence-electron chi connectivity index (χ0n) is 13.5. The Morgan fingerprint density at radius 3 is 2.59 bits per heavy atom. The molecule has 5 nitrogen and oxygen atoms in total. The van der Waals surface area contributed by atoms with Gasteiger partial charge in [-0.1, -0.05) is 6.92 Å². The van der Waals surface area contributed by atoms with E-state index in [4.69, 9.17) is 15.2 Å². The molecular formula is C17H26N2O3. The van der Waals surface area contributed by atoms with Crippen LogP contribution in [-0.4, -0.2) is 44.2 Å². The summed E-state index contributed by atoms with van der Waals surface area (Å²) in [5.74, 6) is 1.81. The third-order valence-electron chi connectivity index (χ3n) is 4.27. The van der Waals surface area contributed by atoms with Crippen LogP contribution in [0, 0.1) is 5.41 Å². The third-order valence-corrected chi connectivity index (χ3v) is 4.27. The van der Waals surface area contributed by atoms with Crippen LogP contribution in [0.4, 0.5) is 0 Å². The Hall–Kier alpha value is -1.75. The number of likely N-dealkylation sites (tertiary alicyclic amines) is 1. The van der Waals surface area contributed by atoms with E-state index in [-0.39, 0.29) is 11.3 Å². The number of methoxy groups -OCH3 is 1. The summed E-state index contributed by atoms with van der Waals surface area (Å²) in [5.41, 5.74) is 5.86. The SMILES string of the molecule is COc1ccc(OCCCC(=O)N2CCC(C)(CN)C2)cc1. The molecule has 1 heterocycles. The van der Waals surface area contributed by atoms with E-state index in [9.17, 15) is 4.79 Å². The maximum Gasteiger partial charge on any atom is 0.222 e. The minimum atomic E-state index is 0.0925. The average Bonchev–Trinajstić information content (AvgIpc) is 2.95. The highest BCUT2D eigenvalue weighted by Crippen LogP contribution is 2.28. The highest BCUT2D eigenvalue weighted by atomic mass is 16.5. The van der Waals surface area contributed by atoms with Crippen LogP contribution < -0.4 is 15.2 Å². The molecule has 22 heavy (non-hydrogen) atoms. The van der Waals surface area contributed by atoms with Crippen molar-refractivity contribution in [1.82, 2.24) is 4.90 Å². The number of amides is 1. The first-order valence-corrected chi connectivity index (χ1v) is 7.81. The Labute approximate surface area is 132 Å². The van der Waals surface area contributed by atoms with Gasteiger partial charge in [0.05, 0.1) is 13.7 Å². The fourth-order valence-electron chi connectivity index (χ4n) is 2.65. The standard InChI is InChI=1S/C17H26N2O3/c1-17(12-18)9-10-19(13-17)16(20)4-3-11-22-15-7-5-14(21-2)6-8-15/h5-8H,3-4,9-13,18H2,1-2H3. The largest absolute Gasteiger partial charge is 0.497 e. The molecule has 0 aromatic heterocycles. The van der Waals surface area contributed by atoms with E-state index >= 15 is 0 Å². The second kappa shape index (κ2) is 7.49. The maximum absolute atomic E-state index is 12.2. The molecule has 1 aliphatic rings. The highest BCUT2D eigenvalue weighted by Gasteiger charge is 2.34. The van der Waals surface area contributed by atoms with Gasteiger partial charge in [-0.2, -0.15) is 0 Å². The summed E-state index contributed by atoms with van der Waals surface area (Å²) in [6.45, 7) is 4.93. The van der Waals surface area contributed by atoms with Crippen molar-refractivity contribution >= 4 is 5.91 Å². The van der Waals surface area contributed by atoms with Crippen LogP contribution in [0.5, 0.6) is 11.5 Å². The van der Waals surface area contributed by atoms with E-state index in [0.717, 1.165) is 37.4 Å². The minimum absolute atomic E-state index is 0.0925. The summed E-state index contributed by atoms with van der Waals surface area (Å²) >= 11 is 0. The number of nitrogens with two attached hydrogens (primary N) is 1. The van der Waals surface area contributed by atoms with Gasteiger partial charge in [-0.3, -0.25) is 4.79 Å². The monoisotopic (exact) mass is 306 g/mol. The number of carbonyl (C=O) groups is 1. The Balaban J connectivity index is 1.67. The number of benzene rings is 1. The van der Waals surface area contributed by atoms with Crippen molar-refractivity contribution in [1.29, 1.82) is 0 Å². The lowest BCUT2D eigenvalue weighted by Crippen LogP contribution is -2.34. The third kappa shape index (κ3) is 4.37. The van der Waals surface area contributed by atoms with Gasteiger partial charge in [0.2, 0.25) is 5.91 Å². The summed E-state index contributed by atoms with van der Waals surface area (Å²) < 4.78 is 10.7. The van der Waals surface area contributed by atoms with Gasteiger partial charge in [-0.05, 0) is 49.1 Å². The van der Waals surface area contributed by atoms with Crippen LogP contribution in [0.3, 0.4) is 0 Å². The predicted octanol–water partition coefficient (Wildman–Crippen LogP) is 2.05. The molecule has 2 N–H and O–H groups in total. The van der Waals surface area contributed by atoms with Gasteiger partial charge in [0.1, 0.15) is 11.5 Å². The molecule has 0 saturated carbocycles. The van der Waals surface area contributed by atoms with Gasteiger partial charge in [0, 0.05) is 19.5 Å². The maximum atomic E-state index is 12.2. The van der Waals surface area contributed by atoms with Crippen LogP contribution in [0.2, 0.25) is 0 Å². The number of hydrogen-bond acceptors (Lipinski definition) is 4. The van der Waals surface area contributed by atoms with Crippen molar-refractivity contribution in [3.05, 3.63) is 24.3 Å². The van der Waals surface area contributed by atoms with Crippen LogP contribution >= 0.6 is 0 Å². The Morgan fingerprint density at radius 2 is 2.00 bits per heavy atom. The fourth-order valence-corrected chi connectivity index (χ4v) is 2.65. The number of ether oxygens (including phenoxy) is 2. The molecule has 122 valence electrons. The molecule has 0 spiro atoms. The number of rotatable bonds is 7. The predicted molar refractivity (Wildman–Crippen MR) is 86.1 cm³/mol. The Bertz CT molecular complexity index is 489. The van der Waals surface area contributed by atoms with Crippen molar-refractivity contribution in [2.75, 3.05) is 33.4 Å². The second-order valence-electron chi connectivity index (χ2n) is 6.21. The van der Waals surface area contributed by atoms with Crippen molar-refractivity contribution in [3.8, 4) is 11.5 Å².